The molecule has 9 atom stereocenters. The van der Waals surface area contributed by atoms with Gasteiger partial charge in [0.25, 0.3) is 0 Å². The van der Waals surface area contributed by atoms with Gasteiger partial charge in [0.15, 0.2) is 0 Å². The first-order valence-electron chi connectivity index (χ1n) is 15.7. The van der Waals surface area contributed by atoms with Crippen molar-refractivity contribution in [1.29, 1.82) is 0 Å². The lowest BCUT2D eigenvalue weighted by molar-refractivity contribution is -0.172. The number of aliphatic hydroxyl groups excluding tert-OH is 1. The minimum absolute atomic E-state index is 0.0317. The molecule has 0 saturated heterocycles. The van der Waals surface area contributed by atoms with Crippen molar-refractivity contribution >= 4 is 11.9 Å². The number of carbonyl (C=O) groups is 2. The fourth-order valence-electron chi connectivity index (χ4n) is 9.85. The van der Waals surface area contributed by atoms with Crippen molar-refractivity contribution in [3.8, 4) is 0 Å². The predicted molar refractivity (Wildman–Crippen MR) is 149 cm³/mol. The van der Waals surface area contributed by atoms with E-state index in [4.69, 9.17) is 4.74 Å². The number of aliphatic carboxylic acids is 1. The second kappa shape index (κ2) is 11.8. The van der Waals surface area contributed by atoms with Crippen molar-refractivity contribution in [2.24, 2.45) is 52.3 Å². The Labute approximate surface area is 231 Å². The molecule has 38 heavy (non-hydrogen) atoms. The van der Waals surface area contributed by atoms with Gasteiger partial charge in [-0.3, -0.25) is 14.5 Å². The fourth-order valence-corrected chi connectivity index (χ4v) is 9.85. The number of aliphatic hydroxyl groups is 1. The van der Waals surface area contributed by atoms with E-state index in [-0.39, 0.29) is 13.0 Å². The van der Waals surface area contributed by atoms with Gasteiger partial charge in [-0.05, 0) is 106 Å². The molecular formula is C32H55NO5. The number of ether oxygens (including phenoxy) is 1. The van der Waals surface area contributed by atoms with Crippen molar-refractivity contribution in [3.63, 3.8) is 0 Å². The molecule has 0 bridgehead atoms. The maximum Gasteiger partial charge on any atom is 0.308 e. The van der Waals surface area contributed by atoms with Gasteiger partial charge in [0, 0.05) is 24.5 Å². The SMILES string of the molecule is CC(C)CN(CC(C)C)C1CC[C@@]2(C)C(CC[C@H]3[C@@H]4CCC(C(=O)O)[C@@]4(COC(=O)CC(C)O)CC[C@@H]32)C1. The minimum Gasteiger partial charge on any atom is -0.481 e. The van der Waals surface area contributed by atoms with Crippen LogP contribution >= 0.6 is 0 Å². The zero-order chi connectivity index (χ0) is 27.8. The van der Waals surface area contributed by atoms with Crippen LogP contribution in [-0.4, -0.2) is 58.9 Å². The van der Waals surface area contributed by atoms with Crippen molar-refractivity contribution in [2.75, 3.05) is 19.7 Å². The molecule has 0 aromatic heterocycles. The fraction of sp³-hybridized carbons (Fsp3) is 0.938. The molecule has 0 radical (unpaired) electrons. The second-order valence-corrected chi connectivity index (χ2v) is 14.8. The summed E-state index contributed by atoms with van der Waals surface area (Å²) < 4.78 is 5.72. The number of carbonyl (C=O) groups excluding carboxylic acids is 1. The van der Waals surface area contributed by atoms with Crippen LogP contribution in [0.25, 0.3) is 0 Å². The molecule has 0 heterocycles. The van der Waals surface area contributed by atoms with Crippen LogP contribution in [0.2, 0.25) is 0 Å². The predicted octanol–water partition coefficient (Wildman–Crippen LogP) is 6.01. The summed E-state index contributed by atoms with van der Waals surface area (Å²) in [6, 6.07) is 0.688. The van der Waals surface area contributed by atoms with Gasteiger partial charge in [0.1, 0.15) is 0 Å². The summed E-state index contributed by atoms with van der Waals surface area (Å²) in [5, 5.41) is 19.8. The maximum absolute atomic E-state index is 12.4. The minimum atomic E-state index is -0.743. The third kappa shape index (κ3) is 5.82. The van der Waals surface area contributed by atoms with E-state index >= 15 is 0 Å². The summed E-state index contributed by atoms with van der Waals surface area (Å²) in [6.45, 7) is 16.1. The van der Waals surface area contributed by atoms with Crippen LogP contribution in [0.5, 0.6) is 0 Å². The molecule has 0 spiro atoms. The van der Waals surface area contributed by atoms with E-state index in [0.29, 0.717) is 47.5 Å². The molecular weight excluding hydrogens is 478 g/mol. The largest absolute Gasteiger partial charge is 0.481 e. The van der Waals surface area contributed by atoms with E-state index in [1.807, 2.05) is 0 Å². The second-order valence-electron chi connectivity index (χ2n) is 14.8. The van der Waals surface area contributed by atoms with Gasteiger partial charge >= 0.3 is 11.9 Å². The van der Waals surface area contributed by atoms with Gasteiger partial charge in [-0.2, -0.15) is 0 Å². The number of rotatable bonds is 10. The highest BCUT2D eigenvalue weighted by molar-refractivity contribution is 5.72. The average Bonchev–Trinajstić information content (AvgIpc) is 3.21. The summed E-state index contributed by atoms with van der Waals surface area (Å²) in [6.07, 6.45) is 9.05. The standard InChI is InChI=1S/C32H55NO5/c1-20(2)17-33(18-21(3)4)24-11-13-31(6)23(16-24)7-8-25-26(31)12-14-32(19-38-29(35)15-22(5)34)27(25)9-10-28(32)30(36)37/h20-28,34H,7-19H2,1-6H3,(H,36,37)/t22?,23?,24?,25-,26+,27+,28?,31+,32-/m1/s1. The van der Waals surface area contributed by atoms with Crippen LogP contribution in [0.4, 0.5) is 0 Å². The first-order chi connectivity index (χ1) is 17.9. The number of nitrogens with zero attached hydrogens (tertiary/aromatic N) is 1. The summed E-state index contributed by atoms with van der Waals surface area (Å²) in [5.74, 6) is 2.03. The Balaban J connectivity index is 1.51. The number of esters is 1. The monoisotopic (exact) mass is 533 g/mol. The van der Waals surface area contributed by atoms with Crippen LogP contribution in [0.15, 0.2) is 0 Å². The molecule has 2 N–H and O–H groups in total. The highest BCUT2D eigenvalue weighted by Crippen LogP contribution is 2.67. The van der Waals surface area contributed by atoms with Crippen molar-refractivity contribution < 1.29 is 24.5 Å². The maximum atomic E-state index is 12.4. The quantitative estimate of drug-likeness (QED) is 0.335. The van der Waals surface area contributed by atoms with Gasteiger partial charge in [0.05, 0.1) is 25.0 Å². The molecule has 218 valence electrons. The van der Waals surface area contributed by atoms with Gasteiger partial charge in [-0.1, -0.05) is 34.6 Å². The van der Waals surface area contributed by atoms with Gasteiger partial charge < -0.3 is 14.9 Å². The van der Waals surface area contributed by atoms with Crippen LogP contribution in [0, 0.1) is 52.3 Å². The Morgan fingerprint density at radius 2 is 1.61 bits per heavy atom. The summed E-state index contributed by atoms with van der Waals surface area (Å²) >= 11 is 0. The van der Waals surface area contributed by atoms with Gasteiger partial charge in [0.2, 0.25) is 0 Å². The first kappa shape index (κ1) is 29.8. The van der Waals surface area contributed by atoms with E-state index in [9.17, 15) is 19.8 Å². The third-order valence-corrected chi connectivity index (χ3v) is 11.3. The summed E-state index contributed by atoms with van der Waals surface area (Å²) in [4.78, 5) is 27.6. The molecule has 6 heteroatoms. The molecule has 0 amide bonds. The molecule has 4 aliphatic rings. The highest BCUT2D eigenvalue weighted by atomic mass is 16.5. The number of hydrogen-bond donors (Lipinski definition) is 2. The lowest BCUT2D eigenvalue weighted by atomic mass is 9.44. The molecule has 4 rings (SSSR count). The first-order valence-corrected chi connectivity index (χ1v) is 15.7. The topological polar surface area (TPSA) is 87.1 Å². The molecule has 6 nitrogen and oxygen atoms in total. The van der Waals surface area contributed by atoms with Crippen LogP contribution < -0.4 is 0 Å². The number of fused-ring (bicyclic) bond motifs is 5. The normalized spacial score (nSPS) is 39.5. The Morgan fingerprint density at radius 3 is 2.21 bits per heavy atom. The van der Waals surface area contributed by atoms with Crippen molar-refractivity contribution in [2.45, 2.75) is 118 Å². The molecule has 4 aliphatic carbocycles. The van der Waals surface area contributed by atoms with Crippen LogP contribution in [-0.2, 0) is 14.3 Å². The molecule has 0 aromatic carbocycles. The lowest BCUT2D eigenvalue weighted by Crippen LogP contribution is -2.57. The average molecular weight is 534 g/mol. The zero-order valence-electron chi connectivity index (χ0n) is 25.0. The summed E-state index contributed by atoms with van der Waals surface area (Å²) in [5.41, 5.74) is -0.121. The number of carboxylic acids is 1. The van der Waals surface area contributed by atoms with Crippen LogP contribution in [0.3, 0.4) is 0 Å². The van der Waals surface area contributed by atoms with Gasteiger partial charge in [-0.25, -0.2) is 0 Å². The zero-order valence-corrected chi connectivity index (χ0v) is 25.0. The smallest absolute Gasteiger partial charge is 0.308 e. The van der Waals surface area contributed by atoms with Crippen molar-refractivity contribution in [1.82, 2.24) is 4.90 Å². The Hall–Kier alpha value is -1.14. The lowest BCUT2D eigenvalue weighted by Gasteiger charge is -2.61. The molecule has 4 saturated carbocycles. The number of carboxylic acid groups (broad SMARTS) is 1. The van der Waals surface area contributed by atoms with Gasteiger partial charge in [-0.15, -0.1) is 0 Å². The van der Waals surface area contributed by atoms with Crippen LogP contribution in [0.1, 0.15) is 106 Å². The van der Waals surface area contributed by atoms with E-state index in [1.165, 1.54) is 45.2 Å². The molecule has 4 unspecified atom stereocenters. The Bertz CT molecular complexity index is 832. The molecule has 0 aromatic rings. The highest BCUT2D eigenvalue weighted by Gasteiger charge is 2.63. The van der Waals surface area contributed by atoms with Crippen molar-refractivity contribution in [3.05, 3.63) is 0 Å². The Morgan fingerprint density at radius 1 is 0.921 bits per heavy atom. The Kier molecular flexibility index (Phi) is 9.24. The molecule has 0 aliphatic heterocycles. The number of hydrogen-bond acceptors (Lipinski definition) is 5. The summed E-state index contributed by atoms with van der Waals surface area (Å²) in [7, 11) is 0. The molecule has 4 fully saturated rings. The van der Waals surface area contributed by atoms with E-state index in [1.54, 1.807) is 6.92 Å². The van der Waals surface area contributed by atoms with E-state index in [2.05, 4.69) is 39.5 Å². The third-order valence-electron chi connectivity index (χ3n) is 11.3. The van der Waals surface area contributed by atoms with E-state index < -0.39 is 29.4 Å². The van der Waals surface area contributed by atoms with E-state index in [0.717, 1.165) is 25.2 Å².